The van der Waals surface area contributed by atoms with Crippen molar-refractivity contribution in [1.82, 2.24) is 25.0 Å². The smallest absolute Gasteiger partial charge is 0.356 e. The Hall–Kier alpha value is -2.57. The largest absolute Gasteiger partial charge is 0.476 e. The maximum atomic E-state index is 10.6. The predicted molar refractivity (Wildman–Crippen MR) is 70.7 cm³/mol. The molecule has 1 fully saturated rings. The highest BCUT2D eigenvalue weighted by Gasteiger charge is 2.22. The van der Waals surface area contributed by atoms with Crippen LogP contribution in [-0.2, 0) is 6.54 Å². The van der Waals surface area contributed by atoms with E-state index in [1.54, 1.807) is 12.2 Å². The molecule has 1 aliphatic carbocycles. The predicted octanol–water partition coefficient (Wildman–Crippen LogP) is 1.35. The molecule has 0 bridgehead atoms. The Morgan fingerprint density at radius 1 is 1.30 bits per heavy atom. The molecule has 20 heavy (non-hydrogen) atoms. The monoisotopic (exact) mass is 271 g/mol. The second-order valence-corrected chi connectivity index (χ2v) is 4.77. The molecule has 1 saturated carbocycles. The van der Waals surface area contributed by atoms with E-state index in [0.29, 0.717) is 5.69 Å². The standard InChI is InChI=1S/C13H13N5O2/c19-13(20)12-6-14-10(5-15-12)3-4-11-8-18(17-16-11)7-9-1-2-9/h3-6,8-9H,1-2,7H2,(H,19,20)/b4-3+. The van der Waals surface area contributed by atoms with Gasteiger partial charge in [-0.15, -0.1) is 5.10 Å². The van der Waals surface area contributed by atoms with Gasteiger partial charge in [0, 0.05) is 6.54 Å². The van der Waals surface area contributed by atoms with E-state index in [1.165, 1.54) is 25.2 Å². The van der Waals surface area contributed by atoms with Gasteiger partial charge in [-0.3, -0.25) is 9.67 Å². The van der Waals surface area contributed by atoms with E-state index in [1.807, 2.05) is 10.9 Å². The minimum Gasteiger partial charge on any atom is -0.476 e. The van der Waals surface area contributed by atoms with Crippen molar-refractivity contribution in [3.63, 3.8) is 0 Å². The van der Waals surface area contributed by atoms with Crippen molar-refractivity contribution in [2.45, 2.75) is 19.4 Å². The topological polar surface area (TPSA) is 93.8 Å². The van der Waals surface area contributed by atoms with Crippen molar-refractivity contribution >= 4 is 18.1 Å². The fourth-order valence-electron chi connectivity index (χ4n) is 1.75. The molecule has 0 amide bonds. The maximum Gasteiger partial charge on any atom is 0.356 e. The summed E-state index contributed by atoms with van der Waals surface area (Å²) in [6.45, 7) is 0.925. The molecule has 2 heterocycles. The third-order valence-corrected chi connectivity index (χ3v) is 3.01. The van der Waals surface area contributed by atoms with Crippen molar-refractivity contribution in [3.8, 4) is 0 Å². The summed E-state index contributed by atoms with van der Waals surface area (Å²) in [5.74, 6) is -0.334. The van der Waals surface area contributed by atoms with Gasteiger partial charge in [-0.25, -0.2) is 9.78 Å². The summed E-state index contributed by atoms with van der Waals surface area (Å²) in [6, 6.07) is 0. The quantitative estimate of drug-likeness (QED) is 0.882. The van der Waals surface area contributed by atoms with Crippen molar-refractivity contribution in [1.29, 1.82) is 0 Å². The fourth-order valence-corrected chi connectivity index (χ4v) is 1.75. The van der Waals surface area contributed by atoms with Crippen LogP contribution in [0.2, 0.25) is 0 Å². The lowest BCUT2D eigenvalue weighted by Gasteiger charge is -1.94. The van der Waals surface area contributed by atoms with Gasteiger partial charge >= 0.3 is 5.97 Å². The van der Waals surface area contributed by atoms with Crippen LogP contribution in [0, 0.1) is 5.92 Å². The molecule has 0 spiro atoms. The Bertz CT molecular complexity index is 643. The molecular weight excluding hydrogens is 258 g/mol. The van der Waals surface area contributed by atoms with E-state index in [0.717, 1.165) is 18.2 Å². The van der Waals surface area contributed by atoms with Crippen LogP contribution < -0.4 is 0 Å². The van der Waals surface area contributed by atoms with E-state index < -0.39 is 5.97 Å². The Morgan fingerprint density at radius 2 is 2.10 bits per heavy atom. The first kappa shape index (κ1) is 12.5. The third-order valence-electron chi connectivity index (χ3n) is 3.01. The summed E-state index contributed by atoms with van der Waals surface area (Å²) >= 11 is 0. The molecule has 3 rings (SSSR count). The number of rotatable bonds is 5. The molecule has 0 atom stereocenters. The molecule has 7 heteroatoms. The molecule has 102 valence electrons. The van der Waals surface area contributed by atoms with Crippen LogP contribution in [0.4, 0.5) is 0 Å². The summed E-state index contributed by atoms with van der Waals surface area (Å²) < 4.78 is 1.84. The van der Waals surface area contributed by atoms with E-state index in [2.05, 4.69) is 20.3 Å². The second kappa shape index (κ2) is 5.20. The first-order valence-corrected chi connectivity index (χ1v) is 6.34. The molecule has 2 aromatic rings. The molecule has 1 aliphatic rings. The Labute approximate surface area is 115 Å². The maximum absolute atomic E-state index is 10.6. The minimum atomic E-state index is -1.09. The highest BCUT2D eigenvalue weighted by Crippen LogP contribution is 2.30. The van der Waals surface area contributed by atoms with Gasteiger partial charge in [0.15, 0.2) is 5.69 Å². The molecular formula is C13H13N5O2. The van der Waals surface area contributed by atoms with Crippen LogP contribution >= 0.6 is 0 Å². The van der Waals surface area contributed by atoms with Crippen molar-refractivity contribution < 1.29 is 9.90 Å². The molecule has 0 aromatic carbocycles. The van der Waals surface area contributed by atoms with E-state index in [9.17, 15) is 4.79 Å². The van der Waals surface area contributed by atoms with Gasteiger partial charge in [0.2, 0.25) is 0 Å². The van der Waals surface area contributed by atoms with Crippen LogP contribution in [-0.4, -0.2) is 36.0 Å². The lowest BCUT2D eigenvalue weighted by molar-refractivity contribution is 0.0690. The number of hydrogen-bond acceptors (Lipinski definition) is 5. The van der Waals surface area contributed by atoms with Gasteiger partial charge in [0.25, 0.3) is 0 Å². The number of aromatic carboxylic acids is 1. The van der Waals surface area contributed by atoms with Crippen LogP contribution in [0.1, 0.15) is 34.7 Å². The number of carbonyl (C=O) groups is 1. The number of carboxylic acid groups (broad SMARTS) is 1. The normalized spacial score (nSPS) is 14.8. The Kier molecular flexibility index (Phi) is 3.24. The minimum absolute atomic E-state index is 0.0717. The van der Waals surface area contributed by atoms with Gasteiger partial charge in [0.1, 0.15) is 5.69 Å². The molecule has 0 unspecified atom stereocenters. The first-order chi connectivity index (χ1) is 9.70. The van der Waals surface area contributed by atoms with Crippen molar-refractivity contribution in [2.75, 3.05) is 0 Å². The Balaban J connectivity index is 1.66. The fraction of sp³-hybridized carbons (Fsp3) is 0.308. The van der Waals surface area contributed by atoms with Crippen LogP contribution in [0.3, 0.4) is 0 Å². The van der Waals surface area contributed by atoms with Gasteiger partial charge in [0.05, 0.1) is 24.3 Å². The zero-order chi connectivity index (χ0) is 13.9. The molecule has 2 aromatic heterocycles. The lowest BCUT2D eigenvalue weighted by atomic mass is 10.3. The van der Waals surface area contributed by atoms with Crippen LogP contribution in [0.5, 0.6) is 0 Å². The molecule has 0 radical (unpaired) electrons. The van der Waals surface area contributed by atoms with E-state index in [-0.39, 0.29) is 5.69 Å². The number of nitrogens with zero attached hydrogens (tertiary/aromatic N) is 5. The highest BCUT2D eigenvalue weighted by atomic mass is 16.4. The number of carboxylic acids is 1. The summed E-state index contributed by atoms with van der Waals surface area (Å²) in [5, 5.41) is 16.8. The molecule has 0 aliphatic heterocycles. The SMILES string of the molecule is O=C(O)c1cnc(/C=C/c2cn(CC3CC3)nn2)cn1. The summed E-state index contributed by atoms with van der Waals surface area (Å²) in [7, 11) is 0. The molecule has 7 nitrogen and oxygen atoms in total. The van der Waals surface area contributed by atoms with Gasteiger partial charge in [-0.2, -0.15) is 0 Å². The Morgan fingerprint density at radius 3 is 2.75 bits per heavy atom. The van der Waals surface area contributed by atoms with Crippen LogP contribution in [0.15, 0.2) is 18.6 Å². The summed E-state index contributed by atoms with van der Waals surface area (Å²) in [4.78, 5) is 18.4. The van der Waals surface area contributed by atoms with Crippen molar-refractivity contribution in [3.05, 3.63) is 35.7 Å². The number of aromatic nitrogens is 5. The lowest BCUT2D eigenvalue weighted by Crippen LogP contribution is -2.00. The van der Waals surface area contributed by atoms with Gasteiger partial charge in [-0.05, 0) is 30.9 Å². The average molecular weight is 271 g/mol. The van der Waals surface area contributed by atoms with E-state index >= 15 is 0 Å². The van der Waals surface area contributed by atoms with E-state index in [4.69, 9.17) is 5.11 Å². The summed E-state index contributed by atoms with van der Waals surface area (Å²) in [6.07, 6.45) is 10.6. The zero-order valence-electron chi connectivity index (χ0n) is 10.7. The molecule has 0 saturated heterocycles. The number of hydrogen-bond donors (Lipinski definition) is 1. The molecule has 1 N–H and O–H groups in total. The van der Waals surface area contributed by atoms with Gasteiger partial charge in [-0.1, -0.05) is 5.21 Å². The van der Waals surface area contributed by atoms with Crippen molar-refractivity contribution in [2.24, 2.45) is 5.92 Å². The zero-order valence-corrected chi connectivity index (χ0v) is 10.7. The van der Waals surface area contributed by atoms with Gasteiger partial charge < -0.3 is 5.11 Å². The first-order valence-electron chi connectivity index (χ1n) is 6.34. The highest BCUT2D eigenvalue weighted by molar-refractivity contribution is 5.84. The summed E-state index contributed by atoms with van der Waals surface area (Å²) in [5.41, 5.74) is 1.25. The van der Waals surface area contributed by atoms with Crippen LogP contribution in [0.25, 0.3) is 12.2 Å². The second-order valence-electron chi connectivity index (χ2n) is 4.77. The average Bonchev–Trinajstić information content (AvgIpc) is 3.14. The third kappa shape index (κ3) is 3.05.